The molecule has 7 rings (SSSR count). The molecule has 4 N–H and O–H groups in total. The van der Waals surface area contributed by atoms with Crippen molar-refractivity contribution in [2.45, 2.75) is 54.4 Å². The van der Waals surface area contributed by atoms with Gasteiger partial charge in [0.05, 0.1) is 29.0 Å². The van der Waals surface area contributed by atoms with E-state index >= 15 is 0 Å². The number of hydrogen-bond acceptors (Lipinski definition) is 14. The molecule has 0 amide bonds. The number of anilines is 4. The Hall–Kier alpha value is -3.61. The Balaban J connectivity index is 1.18. The number of pyridine rings is 1. The first kappa shape index (κ1) is 29.1. The van der Waals surface area contributed by atoms with Gasteiger partial charge in [0, 0.05) is 60.9 Å². The van der Waals surface area contributed by atoms with Crippen LogP contribution in [0.3, 0.4) is 0 Å². The molecule has 1 unspecified atom stereocenters. The fourth-order valence-corrected chi connectivity index (χ4v) is 9.90. The van der Waals surface area contributed by atoms with E-state index in [9.17, 15) is 9.65 Å². The van der Waals surface area contributed by atoms with Gasteiger partial charge in [0.2, 0.25) is 17.8 Å². The van der Waals surface area contributed by atoms with Gasteiger partial charge in [-0.1, -0.05) is 0 Å². The highest BCUT2D eigenvalue weighted by molar-refractivity contribution is 8.00. The number of hydrogen-bond donors (Lipinski definition) is 2. The number of methoxy groups -OCH3 is 1. The summed E-state index contributed by atoms with van der Waals surface area (Å²) in [5.74, 6) is 2.54. The van der Waals surface area contributed by atoms with E-state index in [2.05, 4.69) is 20.9 Å². The van der Waals surface area contributed by atoms with Crippen LogP contribution in [0.15, 0.2) is 12.1 Å². The SMILES string of the molecule is COc1ccc(C(C)N(C)c2nc(OC[C@@]34CCCN3C[C@H](F)C4)nc(N3CC4(C3)SCc3sc(N)c(C#N)c34)n2)c(N)n1. The predicted octanol–water partition coefficient (Wildman–Crippen LogP) is 3.49. The lowest BCUT2D eigenvalue weighted by molar-refractivity contribution is 0.107. The lowest BCUT2D eigenvalue weighted by Gasteiger charge is -2.47. The Morgan fingerprint density at radius 1 is 1.25 bits per heavy atom. The van der Waals surface area contributed by atoms with E-state index in [0.717, 1.165) is 36.3 Å². The van der Waals surface area contributed by atoms with E-state index < -0.39 is 6.17 Å². The molecule has 3 saturated heterocycles. The summed E-state index contributed by atoms with van der Waals surface area (Å²) < 4.78 is 25.7. The second-order valence-corrected chi connectivity index (χ2v) is 14.6. The molecule has 0 bridgehead atoms. The van der Waals surface area contributed by atoms with Crippen LogP contribution in [0.2, 0.25) is 0 Å². The molecular formula is C29H35FN10O2S2. The number of alkyl halides is 1. The summed E-state index contributed by atoms with van der Waals surface area (Å²) in [5.41, 5.74) is 14.6. The van der Waals surface area contributed by atoms with E-state index in [1.54, 1.807) is 13.2 Å². The van der Waals surface area contributed by atoms with Gasteiger partial charge in [-0.25, -0.2) is 4.39 Å². The van der Waals surface area contributed by atoms with E-state index in [4.69, 9.17) is 35.9 Å². The molecule has 0 saturated carbocycles. The molecule has 7 heterocycles. The van der Waals surface area contributed by atoms with E-state index in [1.807, 2.05) is 36.7 Å². The van der Waals surface area contributed by atoms with Crippen molar-refractivity contribution in [2.24, 2.45) is 0 Å². The number of nitriles is 1. The van der Waals surface area contributed by atoms with Gasteiger partial charge in [0.15, 0.2) is 0 Å². The third-order valence-corrected chi connectivity index (χ3v) is 12.2. The van der Waals surface area contributed by atoms with Crippen LogP contribution in [0.4, 0.5) is 27.1 Å². The van der Waals surface area contributed by atoms with Crippen LogP contribution in [0.1, 0.15) is 53.8 Å². The molecule has 1 spiro atoms. The molecule has 0 aromatic carbocycles. The monoisotopic (exact) mass is 638 g/mol. The quantitative estimate of drug-likeness (QED) is 0.370. The molecule has 3 aromatic heterocycles. The Bertz CT molecular complexity index is 1640. The lowest BCUT2D eigenvalue weighted by atomic mass is 9.88. The molecule has 0 radical (unpaired) electrons. The summed E-state index contributed by atoms with van der Waals surface area (Å²) in [5, 5.41) is 10.4. The molecule has 0 aliphatic carbocycles. The number of aromatic nitrogens is 4. The number of thiophene rings is 1. The van der Waals surface area contributed by atoms with Gasteiger partial charge in [0.1, 0.15) is 29.7 Å². The first-order valence-corrected chi connectivity index (χ1v) is 16.5. The lowest BCUT2D eigenvalue weighted by Crippen LogP contribution is -2.57. The van der Waals surface area contributed by atoms with Crippen LogP contribution in [-0.4, -0.2) is 83.5 Å². The number of ether oxygens (including phenoxy) is 2. The first-order valence-electron chi connectivity index (χ1n) is 14.7. The maximum atomic E-state index is 14.4. The molecule has 3 atom stereocenters. The van der Waals surface area contributed by atoms with E-state index in [1.165, 1.54) is 16.2 Å². The summed E-state index contributed by atoms with van der Waals surface area (Å²) in [6, 6.07) is 5.95. The second-order valence-electron chi connectivity index (χ2n) is 12.1. The number of rotatable bonds is 8. The highest BCUT2D eigenvalue weighted by Gasteiger charge is 2.53. The third kappa shape index (κ3) is 4.65. The molecule has 4 aliphatic heterocycles. The van der Waals surface area contributed by atoms with Crippen molar-refractivity contribution in [3.05, 3.63) is 33.7 Å². The predicted molar refractivity (Wildman–Crippen MR) is 169 cm³/mol. The number of nitrogens with two attached hydrogens (primary N) is 2. The minimum absolute atomic E-state index is 0.201. The van der Waals surface area contributed by atoms with Crippen molar-refractivity contribution in [3.63, 3.8) is 0 Å². The Kier molecular flexibility index (Phi) is 7.13. The first-order chi connectivity index (χ1) is 21.1. The van der Waals surface area contributed by atoms with Crippen molar-refractivity contribution < 1.29 is 13.9 Å². The summed E-state index contributed by atoms with van der Waals surface area (Å²) in [6.45, 7) is 4.90. The van der Waals surface area contributed by atoms with Crippen molar-refractivity contribution in [1.29, 1.82) is 5.26 Å². The zero-order valence-corrected chi connectivity index (χ0v) is 26.5. The van der Waals surface area contributed by atoms with Crippen molar-refractivity contribution in [3.8, 4) is 18.0 Å². The molecule has 3 aromatic rings. The van der Waals surface area contributed by atoms with Gasteiger partial charge >= 0.3 is 6.01 Å². The zero-order valence-electron chi connectivity index (χ0n) is 24.9. The van der Waals surface area contributed by atoms with Gasteiger partial charge in [-0.15, -0.1) is 23.1 Å². The van der Waals surface area contributed by atoms with Crippen molar-refractivity contribution in [1.82, 2.24) is 24.8 Å². The molecule has 232 valence electrons. The minimum atomic E-state index is -0.852. The van der Waals surface area contributed by atoms with Crippen LogP contribution < -0.4 is 30.7 Å². The van der Waals surface area contributed by atoms with E-state index in [0.29, 0.717) is 66.8 Å². The highest BCUT2D eigenvalue weighted by Crippen LogP contribution is 2.57. The molecular weight excluding hydrogens is 604 g/mol. The normalized spacial score (nSPS) is 24.1. The fraction of sp³-hybridized carbons (Fsp3) is 0.552. The van der Waals surface area contributed by atoms with Gasteiger partial charge in [0.25, 0.3) is 0 Å². The Morgan fingerprint density at radius 3 is 2.82 bits per heavy atom. The Morgan fingerprint density at radius 2 is 2.07 bits per heavy atom. The molecule has 4 aliphatic rings. The summed E-state index contributed by atoms with van der Waals surface area (Å²) >= 11 is 3.35. The number of fused-ring (bicyclic) bond motifs is 3. The smallest absolute Gasteiger partial charge is 0.323 e. The molecule has 15 heteroatoms. The number of nitrogen functional groups attached to an aromatic ring is 2. The van der Waals surface area contributed by atoms with Gasteiger partial charge in [-0.3, -0.25) is 4.90 Å². The average Bonchev–Trinajstić information content (AvgIpc) is 3.72. The van der Waals surface area contributed by atoms with Crippen molar-refractivity contribution >= 4 is 45.8 Å². The highest BCUT2D eigenvalue weighted by atomic mass is 32.2. The molecule has 3 fully saturated rings. The average molecular weight is 639 g/mol. The number of thioether (sulfide) groups is 1. The van der Waals surface area contributed by atoms with Crippen LogP contribution in [0, 0.1) is 11.3 Å². The van der Waals surface area contributed by atoms with Crippen LogP contribution in [0.25, 0.3) is 0 Å². The summed E-state index contributed by atoms with van der Waals surface area (Å²) in [6.07, 6.45) is 1.51. The maximum absolute atomic E-state index is 14.4. The summed E-state index contributed by atoms with van der Waals surface area (Å²) in [7, 11) is 3.44. The third-order valence-electron chi connectivity index (χ3n) is 9.54. The number of halogens is 1. The van der Waals surface area contributed by atoms with Gasteiger partial charge in [-0.2, -0.15) is 25.2 Å². The standard InChI is InChI=1S/C29H35FN10O2S2/c1-16(18-5-6-21(41-3)34-23(18)32)38(2)25-35-26(37-27(36-25)42-15-28-7-4-8-40(28)11-17(30)9-28)39-13-29(14-39)22-19(10-31)24(33)44-20(22)12-43-29/h5-6,16-17H,4,7-9,11-15,33H2,1-3H3,(H2,32,34)/t16?,17-,28+/m1/s1. The number of nitrogens with zero attached hydrogens (tertiary/aromatic N) is 8. The van der Waals surface area contributed by atoms with Gasteiger partial charge < -0.3 is 30.7 Å². The second kappa shape index (κ2) is 10.8. The van der Waals surface area contributed by atoms with Crippen LogP contribution in [0.5, 0.6) is 11.9 Å². The van der Waals surface area contributed by atoms with Crippen LogP contribution >= 0.6 is 23.1 Å². The zero-order chi connectivity index (χ0) is 30.8. The van der Waals surface area contributed by atoms with Gasteiger partial charge in [-0.05, 0) is 32.4 Å². The maximum Gasteiger partial charge on any atom is 0.323 e. The molecule has 44 heavy (non-hydrogen) atoms. The van der Waals surface area contributed by atoms with Crippen LogP contribution in [-0.2, 0) is 10.5 Å². The van der Waals surface area contributed by atoms with E-state index in [-0.39, 0.29) is 22.3 Å². The summed E-state index contributed by atoms with van der Waals surface area (Å²) in [4.78, 5) is 26.1. The fourth-order valence-electron chi connectivity index (χ4n) is 7.09. The molecule has 12 nitrogen and oxygen atoms in total. The topological polar surface area (TPSA) is 156 Å². The Labute approximate surface area is 263 Å². The van der Waals surface area contributed by atoms with Crippen molar-refractivity contribution in [2.75, 3.05) is 68.2 Å². The minimum Gasteiger partial charge on any atom is -0.481 e. The largest absolute Gasteiger partial charge is 0.481 e.